The first-order valence-corrected chi connectivity index (χ1v) is 9.76. The lowest BCUT2D eigenvalue weighted by Gasteiger charge is -2.20. The maximum Gasteiger partial charge on any atom is 0.251 e. The van der Waals surface area contributed by atoms with E-state index in [4.69, 9.17) is 21.1 Å². The highest BCUT2D eigenvalue weighted by molar-refractivity contribution is 6.30. The molecule has 2 aromatic carbocycles. The Morgan fingerprint density at radius 1 is 1.00 bits per heavy atom. The van der Waals surface area contributed by atoms with Crippen molar-refractivity contribution in [2.24, 2.45) is 5.92 Å². The van der Waals surface area contributed by atoms with Crippen LogP contribution in [0.1, 0.15) is 36.2 Å². The Hall–Kier alpha value is -2.73. The monoisotopic (exact) mass is 418 g/mol. The standard InChI is InChI=1S/C22H27ClN2O4/c1-14(2)9-20(25-21(26)16-5-7-17(23)8-6-16)22(27)24-13-15-10-18(28-3)12-19(11-15)29-4/h5-8,10-12,14,20H,9,13H2,1-4H3,(H,24,27)(H,25,26). The third kappa shape index (κ3) is 6.98. The SMILES string of the molecule is COc1cc(CNC(=O)C(CC(C)C)NC(=O)c2ccc(Cl)cc2)cc(OC)c1. The quantitative estimate of drug-likeness (QED) is 0.649. The van der Waals surface area contributed by atoms with Crippen molar-refractivity contribution in [2.45, 2.75) is 32.9 Å². The number of carbonyl (C=O) groups excluding carboxylic acids is 2. The van der Waals surface area contributed by atoms with Gasteiger partial charge in [-0.25, -0.2) is 0 Å². The lowest BCUT2D eigenvalue weighted by atomic mass is 10.0. The van der Waals surface area contributed by atoms with Crippen molar-refractivity contribution in [3.8, 4) is 11.5 Å². The van der Waals surface area contributed by atoms with Crippen molar-refractivity contribution in [2.75, 3.05) is 14.2 Å². The Balaban J connectivity index is 2.06. The molecule has 29 heavy (non-hydrogen) atoms. The molecule has 1 atom stereocenters. The molecule has 0 aliphatic heterocycles. The highest BCUT2D eigenvalue weighted by Crippen LogP contribution is 2.22. The summed E-state index contributed by atoms with van der Waals surface area (Å²) in [6, 6.07) is 11.3. The number of benzene rings is 2. The van der Waals surface area contributed by atoms with E-state index in [9.17, 15) is 9.59 Å². The van der Waals surface area contributed by atoms with Crippen LogP contribution in [0.25, 0.3) is 0 Å². The number of hydrogen-bond donors (Lipinski definition) is 2. The van der Waals surface area contributed by atoms with Gasteiger partial charge in [0.05, 0.1) is 14.2 Å². The zero-order chi connectivity index (χ0) is 21.4. The zero-order valence-electron chi connectivity index (χ0n) is 17.1. The molecule has 0 radical (unpaired) electrons. The predicted octanol–water partition coefficient (Wildman–Crippen LogP) is 3.82. The molecule has 0 bridgehead atoms. The van der Waals surface area contributed by atoms with Crippen molar-refractivity contribution in [3.63, 3.8) is 0 Å². The highest BCUT2D eigenvalue weighted by atomic mass is 35.5. The van der Waals surface area contributed by atoms with Crippen LogP contribution >= 0.6 is 11.6 Å². The van der Waals surface area contributed by atoms with Crippen molar-refractivity contribution in [1.82, 2.24) is 10.6 Å². The number of methoxy groups -OCH3 is 2. The molecule has 156 valence electrons. The summed E-state index contributed by atoms with van der Waals surface area (Å²) in [6.45, 7) is 4.29. The molecule has 0 saturated heterocycles. The van der Waals surface area contributed by atoms with Gasteiger partial charge in [-0.3, -0.25) is 9.59 Å². The molecule has 2 rings (SSSR count). The van der Waals surface area contributed by atoms with E-state index in [0.717, 1.165) is 5.56 Å². The lowest BCUT2D eigenvalue weighted by molar-refractivity contribution is -0.123. The lowest BCUT2D eigenvalue weighted by Crippen LogP contribution is -2.47. The van der Waals surface area contributed by atoms with Crippen molar-refractivity contribution < 1.29 is 19.1 Å². The Morgan fingerprint density at radius 2 is 1.59 bits per heavy atom. The van der Waals surface area contributed by atoms with E-state index in [1.165, 1.54) is 0 Å². The Kier molecular flexibility index (Phi) is 8.34. The Labute approximate surface area is 176 Å². The molecular weight excluding hydrogens is 392 g/mol. The molecule has 0 aromatic heterocycles. The third-order valence-corrected chi connectivity index (χ3v) is 4.57. The fraction of sp³-hybridized carbons (Fsp3) is 0.364. The maximum absolute atomic E-state index is 12.8. The molecule has 6 nitrogen and oxygen atoms in total. The van der Waals surface area contributed by atoms with Crippen molar-refractivity contribution in [3.05, 3.63) is 58.6 Å². The number of nitrogens with one attached hydrogen (secondary N) is 2. The smallest absolute Gasteiger partial charge is 0.251 e. The topological polar surface area (TPSA) is 76.7 Å². The minimum Gasteiger partial charge on any atom is -0.497 e. The predicted molar refractivity (Wildman–Crippen MR) is 114 cm³/mol. The number of carbonyl (C=O) groups is 2. The average molecular weight is 419 g/mol. The highest BCUT2D eigenvalue weighted by Gasteiger charge is 2.22. The summed E-state index contributed by atoms with van der Waals surface area (Å²) in [6.07, 6.45) is 0.520. The number of halogens is 1. The van der Waals surface area contributed by atoms with Crippen LogP contribution in [-0.4, -0.2) is 32.1 Å². The van der Waals surface area contributed by atoms with Gasteiger partial charge in [-0.1, -0.05) is 25.4 Å². The molecule has 0 saturated carbocycles. The molecule has 2 aromatic rings. The van der Waals surface area contributed by atoms with Gasteiger partial charge in [-0.15, -0.1) is 0 Å². The third-order valence-electron chi connectivity index (χ3n) is 4.31. The van der Waals surface area contributed by atoms with Crippen LogP contribution in [0.15, 0.2) is 42.5 Å². The first-order valence-electron chi connectivity index (χ1n) is 9.38. The van der Waals surface area contributed by atoms with E-state index in [2.05, 4.69) is 10.6 Å². The average Bonchev–Trinajstić information content (AvgIpc) is 2.71. The van der Waals surface area contributed by atoms with Crippen LogP contribution < -0.4 is 20.1 Å². The second-order valence-electron chi connectivity index (χ2n) is 7.10. The Morgan fingerprint density at radius 3 is 2.10 bits per heavy atom. The second-order valence-corrected chi connectivity index (χ2v) is 7.54. The first-order chi connectivity index (χ1) is 13.8. The maximum atomic E-state index is 12.8. The van der Waals surface area contributed by atoms with Crippen molar-refractivity contribution >= 4 is 23.4 Å². The summed E-state index contributed by atoms with van der Waals surface area (Å²) < 4.78 is 10.5. The fourth-order valence-electron chi connectivity index (χ4n) is 2.83. The van der Waals surface area contributed by atoms with Crippen molar-refractivity contribution in [1.29, 1.82) is 0 Å². The second kappa shape index (κ2) is 10.7. The van der Waals surface area contributed by atoms with Crippen LogP contribution in [0.2, 0.25) is 5.02 Å². The van der Waals surface area contributed by atoms with Gasteiger partial charge in [-0.2, -0.15) is 0 Å². The largest absolute Gasteiger partial charge is 0.497 e. The van der Waals surface area contributed by atoms with E-state index >= 15 is 0 Å². The molecule has 0 heterocycles. The van der Waals surface area contributed by atoms with E-state index in [-0.39, 0.29) is 24.3 Å². The first kappa shape index (κ1) is 22.6. The number of amides is 2. The van der Waals surface area contributed by atoms with Gasteiger partial charge in [0.15, 0.2) is 0 Å². The fourth-order valence-corrected chi connectivity index (χ4v) is 2.95. The van der Waals surface area contributed by atoms with Gasteiger partial charge >= 0.3 is 0 Å². The van der Waals surface area contributed by atoms with Crippen LogP contribution in [0, 0.1) is 5.92 Å². The minimum absolute atomic E-state index is 0.230. The number of ether oxygens (including phenoxy) is 2. The van der Waals surface area contributed by atoms with Gasteiger partial charge < -0.3 is 20.1 Å². The van der Waals surface area contributed by atoms with E-state index in [1.54, 1.807) is 44.6 Å². The Bertz CT molecular complexity index is 815. The number of hydrogen-bond acceptors (Lipinski definition) is 4. The molecule has 1 unspecified atom stereocenters. The van der Waals surface area contributed by atoms with Crippen LogP contribution in [0.4, 0.5) is 0 Å². The zero-order valence-corrected chi connectivity index (χ0v) is 17.9. The summed E-state index contributed by atoms with van der Waals surface area (Å²) in [5.74, 6) is 0.952. The van der Waals surface area contributed by atoms with Gasteiger partial charge in [-0.05, 0) is 54.3 Å². The van der Waals surface area contributed by atoms with Gasteiger partial charge in [0.25, 0.3) is 5.91 Å². The molecule has 0 aliphatic carbocycles. The molecule has 0 aliphatic rings. The summed E-state index contributed by atoms with van der Waals surface area (Å²) >= 11 is 5.87. The van der Waals surface area contributed by atoms with Crippen LogP contribution in [0.3, 0.4) is 0 Å². The normalized spacial score (nSPS) is 11.7. The van der Waals surface area contributed by atoms with Gasteiger partial charge in [0.1, 0.15) is 17.5 Å². The van der Waals surface area contributed by atoms with Crippen LogP contribution in [0.5, 0.6) is 11.5 Å². The van der Waals surface area contributed by atoms with Crippen LogP contribution in [-0.2, 0) is 11.3 Å². The molecule has 7 heteroatoms. The van der Waals surface area contributed by atoms with E-state index in [1.807, 2.05) is 26.0 Å². The number of rotatable bonds is 9. The molecule has 0 fully saturated rings. The molecule has 0 spiro atoms. The molecule has 2 N–H and O–H groups in total. The van der Waals surface area contributed by atoms with Gasteiger partial charge in [0, 0.05) is 23.2 Å². The molecule has 2 amide bonds. The molecular formula is C22H27ClN2O4. The summed E-state index contributed by atoms with van der Waals surface area (Å²) in [5, 5.41) is 6.26. The van der Waals surface area contributed by atoms with E-state index < -0.39 is 6.04 Å². The minimum atomic E-state index is -0.648. The summed E-state index contributed by atoms with van der Waals surface area (Å²) in [7, 11) is 3.14. The van der Waals surface area contributed by atoms with Gasteiger partial charge in [0.2, 0.25) is 5.91 Å². The van der Waals surface area contributed by atoms with E-state index in [0.29, 0.717) is 28.5 Å². The summed E-state index contributed by atoms with van der Waals surface area (Å²) in [4.78, 5) is 25.3. The summed E-state index contributed by atoms with van der Waals surface area (Å²) in [5.41, 5.74) is 1.29.